The zero-order valence-electron chi connectivity index (χ0n) is 9.61. The van der Waals surface area contributed by atoms with Crippen LogP contribution in [0.4, 0.5) is 5.82 Å². The summed E-state index contributed by atoms with van der Waals surface area (Å²) in [5.41, 5.74) is 1.11. The van der Waals surface area contributed by atoms with E-state index in [1.165, 1.54) is 0 Å². The van der Waals surface area contributed by atoms with Crippen molar-refractivity contribution in [3.05, 3.63) is 22.3 Å². The van der Waals surface area contributed by atoms with Crippen LogP contribution in [0.2, 0.25) is 0 Å². The number of rotatable bonds is 3. The molecule has 1 atom stereocenters. The fourth-order valence-corrected chi connectivity index (χ4v) is 4.00. The number of pyridine rings is 1. The summed E-state index contributed by atoms with van der Waals surface area (Å²) in [7, 11) is -2.78. The van der Waals surface area contributed by atoms with Gasteiger partial charge < -0.3 is 5.32 Å². The van der Waals surface area contributed by atoms with Crippen molar-refractivity contribution in [2.75, 3.05) is 23.4 Å². The summed E-state index contributed by atoms with van der Waals surface area (Å²) in [6, 6.07) is 1.95. The molecule has 1 N–H and O–H groups in total. The monoisotopic (exact) mass is 318 g/mol. The van der Waals surface area contributed by atoms with E-state index in [2.05, 4.69) is 26.2 Å². The molecule has 1 saturated heterocycles. The molecule has 1 aromatic rings. The maximum absolute atomic E-state index is 11.3. The number of nitrogens with one attached hydrogen (secondary N) is 1. The average molecular weight is 319 g/mol. The van der Waals surface area contributed by atoms with Gasteiger partial charge in [0, 0.05) is 17.2 Å². The van der Waals surface area contributed by atoms with Crippen molar-refractivity contribution in [1.29, 1.82) is 0 Å². The van der Waals surface area contributed by atoms with E-state index in [1.807, 2.05) is 13.0 Å². The first-order valence-corrected chi connectivity index (χ1v) is 8.14. The van der Waals surface area contributed by atoms with Gasteiger partial charge in [-0.3, -0.25) is 0 Å². The van der Waals surface area contributed by atoms with Crippen LogP contribution in [0, 0.1) is 12.8 Å². The number of anilines is 1. The highest BCUT2D eigenvalue weighted by Gasteiger charge is 2.27. The predicted molar refractivity (Wildman–Crippen MR) is 71.9 cm³/mol. The minimum Gasteiger partial charge on any atom is -0.370 e. The van der Waals surface area contributed by atoms with Crippen LogP contribution in [0.3, 0.4) is 0 Å². The van der Waals surface area contributed by atoms with Crippen molar-refractivity contribution in [3.8, 4) is 0 Å². The molecule has 0 aromatic carbocycles. The molecule has 0 spiro atoms. The van der Waals surface area contributed by atoms with E-state index >= 15 is 0 Å². The lowest BCUT2D eigenvalue weighted by atomic mass is 10.1. The lowest BCUT2D eigenvalue weighted by Gasteiger charge is -2.10. The molecular weight excluding hydrogens is 304 g/mol. The highest BCUT2D eigenvalue weighted by molar-refractivity contribution is 9.10. The lowest BCUT2D eigenvalue weighted by molar-refractivity contribution is 0.595. The minimum absolute atomic E-state index is 0.214. The Morgan fingerprint density at radius 1 is 1.59 bits per heavy atom. The van der Waals surface area contributed by atoms with E-state index in [0.29, 0.717) is 18.1 Å². The summed E-state index contributed by atoms with van der Waals surface area (Å²) >= 11 is 3.39. The summed E-state index contributed by atoms with van der Waals surface area (Å²) in [5, 5.41) is 3.20. The van der Waals surface area contributed by atoms with Crippen LogP contribution in [0.5, 0.6) is 0 Å². The van der Waals surface area contributed by atoms with Crippen molar-refractivity contribution in [1.82, 2.24) is 4.98 Å². The Balaban J connectivity index is 1.92. The van der Waals surface area contributed by atoms with Gasteiger partial charge in [-0.25, -0.2) is 13.4 Å². The largest absolute Gasteiger partial charge is 0.370 e. The third kappa shape index (κ3) is 3.42. The molecule has 2 heterocycles. The number of sulfone groups is 1. The van der Waals surface area contributed by atoms with E-state index in [9.17, 15) is 8.42 Å². The van der Waals surface area contributed by atoms with E-state index in [-0.39, 0.29) is 5.92 Å². The Morgan fingerprint density at radius 3 is 2.94 bits per heavy atom. The van der Waals surface area contributed by atoms with E-state index < -0.39 is 9.84 Å². The minimum atomic E-state index is -2.78. The van der Waals surface area contributed by atoms with Crippen molar-refractivity contribution >= 4 is 31.6 Å². The molecule has 0 saturated carbocycles. The second kappa shape index (κ2) is 4.94. The first kappa shape index (κ1) is 12.8. The molecule has 4 nitrogen and oxygen atoms in total. The molecule has 1 aliphatic rings. The van der Waals surface area contributed by atoms with Crippen LogP contribution >= 0.6 is 15.9 Å². The van der Waals surface area contributed by atoms with Crippen LogP contribution < -0.4 is 5.32 Å². The SMILES string of the molecule is Cc1cc(NCC2CCS(=O)(=O)C2)ncc1Br. The molecule has 1 fully saturated rings. The second-order valence-corrected chi connectivity index (χ2v) is 7.55. The second-order valence-electron chi connectivity index (χ2n) is 4.47. The molecule has 1 aliphatic heterocycles. The van der Waals surface area contributed by atoms with E-state index in [1.54, 1.807) is 6.20 Å². The zero-order valence-corrected chi connectivity index (χ0v) is 12.0. The van der Waals surface area contributed by atoms with Gasteiger partial charge in [-0.1, -0.05) is 0 Å². The Labute approximate surface area is 110 Å². The van der Waals surface area contributed by atoms with Gasteiger partial charge in [0.2, 0.25) is 0 Å². The predicted octanol–water partition coefficient (Wildman–Crippen LogP) is 2.00. The van der Waals surface area contributed by atoms with Gasteiger partial charge >= 0.3 is 0 Å². The molecular formula is C11H15BrN2O2S. The Bertz CT molecular complexity index is 516. The summed E-state index contributed by atoms with van der Waals surface area (Å²) < 4.78 is 23.6. The zero-order chi connectivity index (χ0) is 12.5. The van der Waals surface area contributed by atoms with Gasteiger partial charge in [-0.15, -0.1) is 0 Å². The van der Waals surface area contributed by atoms with Crippen molar-refractivity contribution < 1.29 is 8.42 Å². The number of aryl methyl sites for hydroxylation is 1. The molecule has 94 valence electrons. The Kier molecular flexibility index (Phi) is 3.73. The van der Waals surface area contributed by atoms with Crippen molar-refractivity contribution in [2.45, 2.75) is 13.3 Å². The fourth-order valence-electron chi connectivity index (χ4n) is 1.92. The van der Waals surface area contributed by atoms with Crippen molar-refractivity contribution in [3.63, 3.8) is 0 Å². The van der Waals surface area contributed by atoms with Crippen LogP contribution in [0.25, 0.3) is 0 Å². The molecule has 0 amide bonds. The van der Waals surface area contributed by atoms with Gasteiger partial charge in [0.1, 0.15) is 5.82 Å². The highest BCUT2D eigenvalue weighted by Crippen LogP contribution is 2.20. The van der Waals surface area contributed by atoms with Gasteiger partial charge in [-0.05, 0) is 46.8 Å². The van der Waals surface area contributed by atoms with Crippen LogP contribution in [-0.4, -0.2) is 31.5 Å². The van der Waals surface area contributed by atoms with Crippen LogP contribution in [0.15, 0.2) is 16.7 Å². The summed E-state index contributed by atoms with van der Waals surface area (Å²) in [6.45, 7) is 2.67. The molecule has 6 heteroatoms. The number of aromatic nitrogens is 1. The van der Waals surface area contributed by atoms with Crippen LogP contribution in [-0.2, 0) is 9.84 Å². The summed E-state index contributed by atoms with van der Waals surface area (Å²) in [5.74, 6) is 1.64. The third-order valence-corrected chi connectivity index (χ3v) is 5.61. The smallest absolute Gasteiger partial charge is 0.150 e. The fraction of sp³-hybridized carbons (Fsp3) is 0.545. The van der Waals surface area contributed by atoms with Crippen molar-refractivity contribution in [2.24, 2.45) is 5.92 Å². The number of hydrogen-bond acceptors (Lipinski definition) is 4. The first-order chi connectivity index (χ1) is 7.96. The highest BCUT2D eigenvalue weighted by atomic mass is 79.9. The van der Waals surface area contributed by atoms with Gasteiger partial charge in [-0.2, -0.15) is 0 Å². The standard InChI is InChI=1S/C11H15BrN2O2S/c1-8-4-11(14-6-10(8)12)13-5-9-2-3-17(15,16)7-9/h4,6,9H,2-3,5,7H2,1H3,(H,13,14). The van der Waals surface area contributed by atoms with Gasteiger partial charge in [0.15, 0.2) is 9.84 Å². The number of nitrogens with zero attached hydrogens (tertiary/aromatic N) is 1. The molecule has 0 radical (unpaired) electrons. The average Bonchev–Trinajstić information content (AvgIpc) is 2.60. The molecule has 1 unspecified atom stereocenters. The Morgan fingerprint density at radius 2 is 2.35 bits per heavy atom. The van der Waals surface area contributed by atoms with Gasteiger partial charge in [0.25, 0.3) is 0 Å². The quantitative estimate of drug-likeness (QED) is 0.926. The Hall–Kier alpha value is -0.620. The van der Waals surface area contributed by atoms with E-state index in [0.717, 1.165) is 22.3 Å². The number of hydrogen-bond donors (Lipinski definition) is 1. The third-order valence-electron chi connectivity index (χ3n) is 2.95. The van der Waals surface area contributed by atoms with E-state index in [4.69, 9.17) is 0 Å². The van der Waals surface area contributed by atoms with Gasteiger partial charge in [0.05, 0.1) is 11.5 Å². The maximum atomic E-state index is 11.3. The first-order valence-electron chi connectivity index (χ1n) is 5.53. The molecule has 0 aliphatic carbocycles. The summed E-state index contributed by atoms with van der Waals surface area (Å²) in [4.78, 5) is 4.23. The molecule has 17 heavy (non-hydrogen) atoms. The molecule has 2 rings (SSSR count). The molecule has 0 bridgehead atoms. The molecule has 1 aromatic heterocycles. The maximum Gasteiger partial charge on any atom is 0.150 e. The number of halogens is 1. The lowest BCUT2D eigenvalue weighted by Crippen LogP contribution is -2.16. The normalized spacial score (nSPS) is 22.6. The van der Waals surface area contributed by atoms with Crippen LogP contribution in [0.1, 0.15) is 12.0 Å². The topological polar surface area (TPSA) is 59.1 Å². The summed E-state index contributed by atoms with van der Waals surface area (Å²) in [6.07, 6.45) is 2.51.